The molecule has 0 saturated carbocycles. The zero-order chi connectivity index (χ0) is 11.9. The number of benzene rings is 1. The maximum atomic E-state index is 12.9. The van der Waals surface area contributed by atoms with E-state index >= 15 is 0 Å². The first-order chi connectivity index (χ1) is 7.50. The molecule has 1 heterocycles. The Bertz CT molecular complexity index is 438. The summed E-state index contributed by atoms with van der Waals surface area (Å²) in [7, 11) is 0. The highest BCUT2D eigenvalue weighted by Crippen LogP contribution is 2.33. The van der Waals surface area contributed by atoms with Crippen molar-refractivity contribution in [3.05, 3.63) is 35.4 Å². The van der Waals surface area contributed by atoms with E-state index in [1.807, 2.05) is 0 Å². The molecule has 1 amide bonds. The van der Waals surface area contributed by atoms with Crippen LogP contribution in [0.2, 0.25) is 0 Å². The number of amides is 1. The standard InChI is InChI=1S/C10H9F2NO3/c11-7-2-1-5(3-8(7)12)6-4-13(9(6)14)10(15)16/h1-3,6,9,14H,4H2,(H,15,16)/t6?,9-/m0/s1. The van der Waals surface area contributed by atoms with Crippen molar-refractivity contribution in [2.75, 3.05) is 6.54 Å². The van der Waals surface area contributed by atoms with Crippen molar-refractivity contribution in [2.24, 2.45) is 0 Å². The van der Waals surface area contributed by atoms with E-state index in [0.717, 1.165) is 17.0 Å². The van der Waals surface area contributed by atoms with Gasteiger partial charge in [0.05, 0.1) is 0 Å². The summed E-state index contributed by atoms with van der Waals surface area (Å²) < 4.78 is 25.5. The van der Waals surface area contributed by atoms with Gasteiger partial charge in [-0.2, -0.15) is 0 Å². The third kappa shape index (κ3) is 1.61. The van der Waals surface area contributed by atoms with Crippen LogP contribution in [0, 0.1) is 11.6 Å². The van der Waals surface area contributed by atoms with Crippen LogP contribution in [0.1, 0.15) is 11.5 Å². The van der Waals surface area contributed by atoms with Gasteiger partial charge in [-0.15, -0.1) is 0 Å². The molecular weight excluding hydrogens is 220 g/mol. The Balaban J connectivity index is 2.16. The van der Waals surface area contributed by atoms with E-state index in [-0.39, 0.29) is 6.54 Å². The molecular formula is C10H9F2NO3. The summed E-state index contributed by atoms with van der Waals surface area (Å²) in [5.74, 6) is -2.46. The molecule has 0 spiro atoms. The summed E-state index contributed by atoms with van der Waals surface area (Å²) in [6.45, 7) is 0.0849. The van der Waals surface area contributed by atoms with Crippen molar-refractivity contribution in [3.63, 3.8) is 0 Å². The molecule has 0 aliphatic carbocycles. The quantitative estimate of drug-likeness (QED) is 0.764. The molecule has 0 radical (unpaired) electrons. The van der Waals surface area contributed by atoms with Gasteiger partial charge in [-0.3, -0.25) is 4.90 Å². The van der Waals surface area contributed by atoms with Crippen LogP contribution < -0.4 is 0 Å². The van der Waals surface area contributed by atoms with Gasteiger partial charge in [0.15, 0.2) is 11.6 Å². The van der Waals surface area contributed by atoms with Gasteiger partial charge < -0.3 is 10.2 Å². The molecule has 6 heteroatoms. The van der Waals surface area contributed by atoms with Crippen molar-refractivity contribution in [1.82, 2.24) is 4.90 Å². The largest absolute Gasteiger partial charge is 0.465 e. The minimum Gasteiger partial charge on any atom is -0.465 e. The van der Waals surface area contributed by atoms with E-state index in [2.05, 4.69) is 0 Å². The Kier molecular flexibility index (Phi) is 2.51. The van der Waals surface area contributed by atoms with Gasteiger partial charge >= 0.3 is 6.09 Å². The number of aliphatic hydroxyl groups excluding tert-OH is 1. The van der Waals surface area contributed by atoms with Crippen molar-refractivity contribution >= 4 is 6.09 Å². The summed E-state index contributed by atoms with van der Waals surface area (Å²) in [5, 5.41) is 18.1. The molecule has 2 N–H and O–H groups in total. The fourth-order valence-corrected chi connectivity index (χ4v) is 1.71. The van der Waals surface area contributed by atoms with E-state index in [0.29, 0.717) is 5.56 Å². The summed E-state index contributed by atoms with van der Waals surface area (Å²) in [4.78, 5) is 11.3. The van der Waals surface area contributed by atoms with Gasteiger partial charge in [-0.05, 0) is 17.7 Å². The number of hydrogen-bond donors (Lipinski definition) is 2. The molecule has 0 aromatic heterocycles. The normalized spacial score (nSPS) is 24.1. The zero-order valence-corrected chi connectivity index (χ0v) is 8.10. The van der Waals surface area contributed by atoms with Crippen LogP contribution in [-0.4, -0.2) is 34.0 Å². The molecule has 2 atom stereocenters. The zero-order valence-electron chi connectivity index (χ0n) is 8.10. The minimum atomic E-state index is -1.23. The second-order valence-corrected chi connectivity index (χ2v) is 3.63. The predicted molar refractivity (Wildman–Crippen MR) is 49.8 cm³/mol. The molecule has 1 aliphatic heterocycles. The molecule has 1 aromatic rings. The average Bonchev–Trinajstić information content (AvgIpc) is 2.20. The molecule has 1 fully saturated rings. The number of nitrogens with zero attached hydrogens (tertiary/aromatic N) is 1. The molecule has 1 unspecified atom stereocenters. The Morgan fingerprint density at radius 1 is 1.38 bits per heavy atom. The fourth-order valence-electron chi connectivity index (χ4n) is 1.71. The maximum Gasteiger partial charge on any atom is 0.409 e. The first-order valence-corrected chi connectivity index (χ1v) is 4.63. The second kappa shape index (κ2) is 3.71. The molecule has 2 rings (SSSR count). The van der Waals surface area contributed by atoms with Gasteiger partial charge in [0.1, 0.15) is 6.23 Å². The maximum absolute atomic E-state index is 12.9. The number of carbonyl (C=O) groups is 1. The van der Waals surface area contributed by atoms with Crippen LogP contribution in [0.5, 0.6) is 0 Å². The summed E-state index contributed by atoms with van der Waals surface area (Å²) in [6, 6.07) is 3.27. The highest BCUT2D eigenvalue weighted by atomic mass is 19.2. The third-order valence-electron chi connectivity index (χ3n) is 2.69. The summed E-state index contributed by atoms with van der Waals surface area (Å²) in [6.07, 6.45) is -2.42. The average molecular weight is 229 g/mol. The van der Waals surface area contributed by atoms with Crippen LogP contribution in [0.25, 0.3) is 0 Å². The second-order valence-electron chi connectivity index (χ2n) is 3.63. The van der Waals surface area contributed by atoms with Crippen LogP contribution >= 0.6 is 0 Å². The lowest BCUT2D eigenvalue weighted by Crippen LogP contribution is -2.56. The number of halogens is 2. The van der Waals surface area contributed by atoms with Crippen molar-refractivity contribution in [2.45, 2.75) is 12.1 Å². The van der Waals surface area contributed by atoms with Gasteiger partial charge in [0, 0.05) is 12.5 Å². The number of aliphatic hydroxyl groups is 1. The number of rotatable bonds is 1. The van der Waals surface area contributed by atoms with E-state index in [1.54, 1.807) is 0 Å². The van der Waals surface area contributed by atoms with Gasteiger partial charge in [-0.25, -0.2) is 13.6 Å². The Labute approximate surface area is 89.7 Å². The lowest BCUT2D eigenvalue weighted by molar-refractivity contribution is -0.0766. The van der Waals surface area contributed by atoms with Gasteiger partial charge in [0.2, 0.25) is 0 Å². The molecule has 1 aromatic carbocycles. The summed E-state index contributed by atoms with van der Waals surface area (Å²) in [5.41, 5.74) is 0.393. The molecule has 4 nitrogen and oxygen atoms in total. The highest BCUT2D eigenvalue weighted by molar-refractivity contribution is 5.67. The number of likely N-dealkylation sites (tertiary alicyclic amines) is 1. The Morgan fingerprint density at radius 3 is 2.56 bits per heavy atom. The van der Waals surface area contributed by atoms with E-state index in [1.165, 1.54) is 6.07 Å². The molecule has 1 saturated heterocycles. The first kappa shape index (κ1) is 10.8. The Morgan fingerprint density at radius 2 is 2.06 bits per heavy atom. The topological polar surface area (TPSA) is 60.8 Å². The van der Waals surface area contributed by atoms with Crippen molar-refractivity contribution < 1.29 is 23.8 Å². The van der Waals surface area contributed by atoms with E-state index in [9.17, 15) is 18.7 Å². The fraction of sp³-hybridized carbons (Fsp3) is 0.300. The SMILES string of the molecule is O=C(O)N1CC(c2ccc(F)c(F)c2)[C@@H]1O. The Hall–Kier alpha value is -1.69. The lowest BCUT2D eigenvalue weighted by atomic mass is 9.89. The van der Waals surface area contributed by atoms with Gasteiger partial charge in [-0.1, -0.05) is 6.07 Å². The van der Waals surface area contributed by atoms with Crippen LogP contribution in [-0.2, 0) is 0 Å². The molecule has 0 bridgehead atoms. The smallest absolute Gasteiger partial charge is 0.409 e. The highest BCUT2D eigenvalue weighted by Gasteiger charge is 2.41. The molecule has 86 valence electrons. The molecule has 16 heavy (non-hydrogen) atoms. The van der Waals surface area contributed by atoms with E-state index < -0.39 is 29.9 Å². The molecule has 1 aliphatic rings. The number of hydrogen-bond acceptors (Lipinski definition) is 2. The van der Waals surface area contributed by atoms with Crippen LogP contribution in [0.15, 0.2) is 18.2 Å². The monoisotopic (exact) mass is 229 g/mol. The predicted octanol–water partition coefficient (Wildman–Crippen LogP) is 1.36. The van der Waals surface area contributed by atoms with Gasteiger partial charge in [0.25, 0.3) is 0 Å². The first-order valence-electron chi connectivity index (χ1n) is 4.63. The van der Waals surface area contributed by atoms with E-state index in [4.69, 9.17) is 5.11 Å². The number of carboxylic acid groups (broad SMARTS) is 1. The van der Waals surface area contributed by atoms with Crippen molar-refractivity contribution in [3.8, 4) is 0 Å². The lowest BCUT2D eigenvalue weighted by Gasteiger charge is -2.42. The van der Waals surface area contributed by atoms with Crippen LogP contribution in [0.4, 0.5) is 13.6 Å². The van der Waals surface area contributed by atoms with Crippen molar-refractivity contribution in [1.29, 1.82) is 0 Å². The minimum absolute atomic E-state index is 0.0849. The summed E-state index contributed by atoms with van der Waals surface area (Å²) >= 11 is 0. The third-order valence-corrected chi connectivity index (χ3v) is 2.69. The van der Waals surface area contributed by atoms with Crippen LogP contribution in [0.3, 0.4) is 0 Å².